The Hall–Kier alpha value is -1.25. The van der Waals surface area contributed by atoms with Crippen LogP contribution in [0.25, 0.3) is 11.0 Å². The molecule has 0 spiro atoms. The highest BCUT2D eigenvalue weighted by molar-refractivity contribution is 6.42. The average molecular weight is 558 g/mol. The van der Waals surface area contributed by atoms with E-state index in [4.69, 9.17) is 51.1 Å². The third kappa shape index (κ3) is 5.54. The summed E-state index contributed by atoms with van der Waals surface area (Å²) in [6.07, 6.45) is 1.74. The van der Waals surface area contributed by atoms with Gasteiger partial charge in [-0.05, 0) is 42.7 Å². The zero-order valence-corrected chi connectivity index (χ0v) is 22.4. The maximum atomic E-state index is 13.7. The lowest BCUT2D eigenvalue weighted by molar-refractivity contribution is 0.0364. The summed E-state index contributed by atoms with van der Waals surface area (Å²) in [5, 5.41) is 2.26. The first-order valence-electron chi connectivity index (χ1n) is 12.0. The number of nitrogens with zero attached hydrogens (tertiary/aromatic N) is 4. The van der Waals surface area contributed by atoms with Gasteiger partial charge in [0.1, 0.15) is 0 Å². The van der Waals surface area contributed by atoms with Crippen LogP contribution in [0.3, 0.4) is 0 Å². The Morgan fingerprint density at radius 2 is 1.49 bits per heavy atom. The molecule has 188 valence electrons. The lowest BCUT2D eigenvalue weighted by Crippen LogP contribution is -2.40. The van der Waals surface area contributed by atoms with Crippen LogP contribution in [-0.2, 0) is 17.8 Å². The molecule has 2 aromatic carbocycles. The van der Waals surface area contributed by atoms with E-state index >= 15 is 0 Å². The van der Waals surface area contributed by atoms with Crippen molar-refractivity contribution in [2.24, 2.45) is 0 Å². The number of benzene rings is 2. The molecule has 0 unspecified atom stereocenters. The van der Waals surface area contributed by atoms with Crippen LogP contribution in [0, 0.1) is 0 Å². The largest absolute Gasteiger partial charge is 0.379 e. The molecule has 3 heterocycles. The second-order valence-electron chi connectivity index (χ2n) is 9.26. The lowest BCUT2D eigenvalue weighted by Gasteiger charge is -2.32. The highest BCUT2D eigenvalue weighted by atomic mass is 35.5. The Kier molecular flexibility index (Phi) is 7.99. The Bertz CT molecular complexity index is 1260. The molecule has 0 bridgehead atoms. The van der Waals surface area contributed by atoms with Crippen LogP contribution in [0.5, 0.6) is 0 Å². The molecule has 2 fully saturated rings. The number of hydrogen-bond acceptors (Lipinski definition) is 4. The van der Waals surface area contributed by atoms with Gasteiger partial charge >= 0.3 is 5.69 Å². The number of morpholine rings is 1. The molecule has 6 nitrogen and oxygen atoms in total. The molecule has 5 rings (SSSR count). The second-order valence-corrected chi connectivity index (χ2v) is 10.9. The first kappa shape index (κ1) is 25.4. The molecule has 2 aliphatic rings. The average Bonchev–Trinajstić information content (AvgIpc) is 3.11. The summed E-state index contributed by atoms with van der Waals surface area (Å²) in [4.78, 5) is 18.4. The van der Waals surface area contributed by atoms with Crippen LogP contribution in [0.4, 0.5) is 0 Å². The van der Waals surface area contributed by atoms with E-state index in [0.29, 0.717) is 26.6 Å². The van der Waals surface area contributed by atoms with Crippen molar-refractivity contribution >= 4 is 57.4 Å². The minimum atomic E-state index is 0.00536. The Balaban J connectivity index is 1.36. The van der Waals surface area contributed by atoms with Gasteiger partial charge in [-0.15, -0.1) is 0 Å². The number of rotatable bonds is 6. The maximum Gasteiger partial charge on any atom is 0.329 e. The zero-order valence-electron chi connectivity index (χ0n) is 19.4. The standard InChI is InChI=1S/C25H28Cl4N4O2/c26-18-2-1-17(20(27)13-18)16-31-5-3-19(4-6-31)33-24-15-22(29)21(28)14-23(24)32(25(33)34)8-7-30-9-11-35-12-10-30/h1-2,13-15,19H,3-12,16H2. The minimum Gasteiger partial charge on any atom is -0.379 e. The molecule has 0 saturated carbocycles. The van der Waals surface area contributed by atoms with E-state index in [1.54, 1.807) is 6.07 Å². The third-order valence-electron chi connectivity index (χ3n) is 7.08. The number of aromatic nitrogens is 2. The van der Waals surface area contributed by atoms with E-state index in [2.05, 4.69) is 9.80 Å². The normalized spacial score (nSPS) is 18.5. The maximum absolute atomic E-state index is 13.7. The Morgan fingerprint density at radius 3 is 2.17 bits per heavy atom. The first-order chi connectivity index (χ1) is 16.9. The predicted molar refractivity (Wildman–Crippen MR) is 143 cm³/mol. The van der Waals surface area contributed by atoms with E-state index in [1.807, 2.05) is 33.4 Å². The number of piperidine rings is 1. The molecule has 0 radical (unpaired) electrons. The van der Waals surface area contributed by atoms with Crippen LogP contribution in [0.15, 0.2) is 35.1 Å². The van der Waals surface area contributed by atoms with E-state index < -0.39 is 0 Å². The summed E-state index contributed by atoms with van der Waals surface area (Å²) >= 11 is 25.2. The molecule has 0 atom stereocenters. The zero-order chi connectivity index (χ0) is 24.5. The molecule has 0 amide bonds. The fourth-order valence-corrected chi connectivity index (χ4v) is 5.92. The first-order valence-corrected chi connectivity index (χ1v) is 13.5. The number of hydrogen-bond donors (Lipinski definition) is 0. The second kappa shape index (κ2) is 11.0. The van der Waals surface area contributed by atoms with Gasteiger partial charge in [-0.2, -0.15) is 0 Å². The van der Waals surface area contributed by atoms with Gasteiger partial charge in [0, 0.05) is 61.9 Å². The van der Waals surface area contributed by atoms with Crippen molar-refractivity contribution in [3.05, 3.63) is 66.5 Å². The van der Waals surface area contributed by atoms with E-state index in [1.165, 1.54) is 0 Å². The van der Waals surface area contributed by atoms with Crippen LogP contribution < -0.4 is 5.69 Å². The minimum absolute atomic E-state index is 0.00536. The van der Waals surface area contributed by atoms with Crippen molar-refractivity contribution in [1.82, 2.24) is 18.9 Å². The molecule has 0 N–H and O–H groups in total. The SMILES string of the molecule is O=c1n(CCN2CCOCC2)c2cc(Cl)c(Cl)cc2n1C1CCN(Cc2ccc(Cl)cc2Cl)CC1. The summed E-state index contributed by atoms with van der Waals surface area (Å²) in [5.41, 5.74) is 2.76. The molecule has 0 aliphatic carbocycles. The van der Waals surface area contributed by atoms with Crippen molar-refractivity contribution in [2.45, 2.75) is 32.0 Å². The van der Waals surface area contributed by atoms with Gasteiger partial charge in [-0.3, -0.25) is 18.9 Å². The summed E-state index contributed by atoms with van der Waals surface area (Å²) in [6.45, 7) is 7.15. The molecule has 2 aliphatic heterocycles. The number of imidazole rings is 1. The fourth-order valence-electron chi connectivity index (χ4n) is 5.13. The summed E-state index contributed by atoms with van der Waals surface area (Å²) in [5.74, 6) is 0. The van der Waals surface area contributed by atoms with Crippen molar-refractivity contribution in [3.8, 4) is 0 Å². The van der Waals surface area contributed by atoms with E-state index in [0.717, 1.165) is 81.9 Å². The van der Waals surface area contributed by atoms with Crippen LogP contribution in [0.2, 0.25) is 20.1 Å². The summed E-state index contributed by atoms with van der Waals surface area (Å²) in [6, 6.07) is 9.40. The van der Waals surface area contributed by atoms with Gasteiger partial charge in [0.25, 0.3) is 0 Å². The molecular formula is C25H28Cl4N4O2. The number of halogens is 4. The van der Waals surface area contributed by atoms with Gasteiger partial charge in [-0.25, -0.2) is 4.79 Å². The Labute approximate surface area is 224 Å². The smallest absolute Gasteiger partial charge is 0.329 e. The van der Waals surface area contributed by atoms with Gasteiger partial charge in [0.2, 0.25) is 0 Å². The van der Waals surface area contributed by atoms with E-state index in [9.17, 15) is 4.79 Å². The van der Waals surface area contributed by atoms with Gasteiger partial charge in [-0.1, -0.05) is 52.5 Å². The molecule has 35 heavy (non-hydrogen) atoms. The van der Waals surface area contributed by atoms with Crippen LogP contribution in [0.1, 0.15) is 24.4 Å². The van der Waals surface area contributed by atoms with Crippen molar-refractivity contribution in [3.63, 3.8) is 0 Å². The van der Waals surface area contributed by atoms with Crippen molar-refractivity contribution < 1.29 is 4.74 Å². The topological polar surface area (TPSA) is 42.6 Å². The van der Waals surface area contributed by atoms with Gasteiger partial charge in [0.15, 0.2) is 0 Å². The summed E-state index contributed by atoms with van der Waals surface area (Å²) in [7, 11) is 0. The van der Waals surface area contributed by atoms with E-state index in [-0.39, 0.29) is 11.7 Å². The van der Waals surface area contributed by atoms with Crippen molar-refractivity contribution in [2.75, 3.05) is 45.9 Å². The predicted octanol–water partition coefficient (Wildman–Crippen LogP) is 5.59. The fraction of sp³-hybridized carbons (Fsp3) is 0.480. The number of fused-ring (bicyclic) bond motifs is 1. The monoisotopic (exact) mass is 556 g/mol. The Morgan fingerprint density at radius 1 is 0.800 bits per heavy atom. The highest BCUT2D eigenvalue weighted by Gasteiger charge is 2.26. The molecule has 2 saturated heterocycles. The number of ether oxygens (including phenoxy) is 1. The molecule has 10 heteroatoms. The third-order valence-corrected chi connectivity index (χ3v) is 8.39. The van der Waals surface area contributed by atoms with Crippen LogP contribution in [-0.4, -0.2) is 64.9 Å². The van der Waals surface area contributed by atoms with Gasteiger partial charge < -0.3 is 4.74 Å². The van der Waals surface area contributed by atoms with Crippen molar-refractivity contribution in [1.29, 1.82) is 0 Å². The quantitative estimate of drug-likeness (QED) is 0.396. The molecule has 3 aromatic rings. The lowest BCUT2D eigenvalue weighted by atomic mass is 10.0. The summed E-state index contributed by atoms with van der Waals surface area (Å²) < 4.78 is 9.24. The highest BCUT2D eigenvalue weighted by Crippen LogP contribution is 2.32. The van der Waals surface area contributed by atoms with Crippen LogP contribution >= 0.6 is 46.4 Å². The van der Waals surface area contributed by atoms with Gasteiger partial charge in [0.05, 0.1) is 34.3 Å². The molecule has 1 aromatic heterocycles. The number of likely N-dealkylation sites (tertiary alicyclic amines) is 1. The molecular weight excluding hydrogens is 530 g/mol.